The molecule has 1 aliphatic heterocycles. The van der Waals surface area contributed by atoms with E-state index in [1.807, 2.05) is 0 Å². The first-order valence-electron chi connectivity index (χ1n) is 5.64. The number of benzene rings is 1. The van der Waals surface area contributed by atoms with Crippen LogP contribution in [0.2, 0.25) is 0 Å². The van der Waals surface area contributed by atoms with Crippen molar-refractivity contribution in [1.29, 1.82) is 0 Å². The van der Waals surface area contributed by atoms with E-state index in [1.54, 1.807) is 0 Å². The Bertz CT molecular complexity index is 321. The van der Waals surface area contributed by atoms with Crippen LogP contribution in [0, 0.1) is 12.8 Å². The van der Waals surface area contributed by atoms with Gasteiger partial charge in [-0.2, -0.15) is 0 Å². The third-order valence-corrected chi connectivity index (χ3v) is 2.78. The zero-order valence-electron chi connectivity index (χ0n) is 9.90. The van der Waals surface area contributed by atoms with Crippen LogP contribution in [0.5, 0.6) is 0 Å². The van der Waals surface area contributed by atoms with Crippen molar-refractivity contribution in [3.05, 3.63) is 35.4 Å². The quantitative estimate of drug-likeness (QED) is 0.859. The normalized spacial score (nSPS) is 24.9. The molecule has 2 unspecified atom stereocenters. The predicted molar refractivity (Wildman–Crippen MR) is 69.0 cm³/mol. The standard InChI is InChI=1S/C13H19NO.ClH/c1-10-4-3-5-12(6-10)7-13-14-8-11(2)9-15-13;/h3-6,11,13-14H,7-9H2,1-2H3;1H. The van der Waals surface area contributed by atoms with Crippen molar-refractivity contribution in [2.24, 2.45) is 5.92 Å². The summed E-state index contributed by atoms with van der Waals surface area (Å²) in [5, 5.41) is 3.41. The lowest BCUT2D eigenvalue weighted by molar-refractivity contribution is -0.0228. The number of nitrogens with one attached hydrogen (secondary N) is 1. The van der Waals surface area contributed by atoms with Crippen LogP contribution in [0.1, 0.15) is 18.1 Å². The molecule has 1 saturated heterocycles. The number of halogens is 1. The second kappa shape index (κ2) is 6.24. The van der Waals surface area contributed by atoms with E-state index in [0.717, 1.165) is 19.6 Å². The van der Waals surface area contributed by atoms with Gasteiger partial charge in [0, 0.05) is 13.0 Å². The molecule has 2 rings (SSSR count). The Kier molecular flexibility index (Phi) is 5.26. The minimum atomic E-state index is 0. The van der Waals surface area contributed by atoms with E-state index in [0.29, 0.717) is 5.92 Å². The summed E-state index contributed by atoms with van der Waals surface area (Å²) < 4.78 is 5.72. The van der Waals surface area contributed by atoms with Gasteiger partial charge in [-0.1, -0.05) is 36.8 Å². The van der Waals surface area contributed by atoms with Crippen molar-refractivity contribution in [1.82, 2.24) is 5.32 Å². The number of ether oxygens (including phenoxy) is 1. The average molecular weight is 242 g/mol. The van der Waals surface area contributed by atoms with Gasteiger partial charge in [0.2, 0.25) is 0 Å². The Balaban J connectivity index is 0.00000128. The molecule has 16 heavy (non-hydrogen) atoms. The Morgan fingerprint density at radius 3 is 2.88 bits per heavy atom. The molecule has 0 aliphatic carbocycles. The van der Waals surface area contributed by atoms with Gasteiger partial charge in [0.15, 0.2) is 0 Å². The molecule has 1 aromatic rings. The van der Waals surface area contributed by atoms with Crippen molar-refractivity contribution in [2.45, 2.75) is 26.5 Å². The van der Waals surface area contributed by atoms with Crippen molar-refractivity contribution in [2.75, 3.05) is 13.2 Å². The highest BCUT2D eigenvalue weighted by Crippen LogP contribution is 2.11. The van der Waals surface area contributed by atoms with Gasteiger partial charge in [0.05, 0.1) is 6.61 Å². The zero-order valence-corrected chi connectivity index (χ0v) is 10.7. The minimum Gasteiger partial charge on any atom is -0.363 e. The first-order valence-corrected chi connectivity index (χ1v) is 5.64. The van der Waals surface area contributed by atoms with Crippen LogP contribution < -0.4 is 5.32 Å². The fourth-order valence-corrected chi connectivity index (χ4v) is 1.92. The van der Waals surface area contributed by atoms with Crippen molar-refractivity contribution >= 4 is 12.4 Å². The predicted octanol–water partition coefficient (Wildman–Crippen LogP) is 2.54. The van der Waals surface area contributed by atoms with Crippen molar-refractivity contribution in [3.8, 4) is 0 Å². The first kappa shape index (κ1) is 13.5. The van der Waals surface area contributed by atoms with Crippen LogP contribution in [0.25, 0.3) is 0 Å². The van der Waals surface area contributed by atoms with Gasteiger partial charge < -0.3 is 4.74 Å². The number of hydrogen-bond donors (Lipinski definition) is 1. The monoisotopic (exact) mass is 241 g/mol. The highest BCUT2D eigenvalue weighted by Gasteiger charge is 2.17. The Hall–Kier alpha value is -0.570. The van der Waals surface area contributed by atoms with Crippen LogP contribution in [0.15, 0.2) is 24.3 Å². The second-order valence-electron chi connectivity index (χ2n) is 4.53. The molecule has 0 aromatic heterocycles. The van der Waals surface area contributed by atoms with Gasteiger partial charge in [0.25, 0.3) is 0 Å². The summed E-state index contributed by atoms with van der Waals surface area (Å²) in [5.74, 6) is 0.638. The maximum Gasteiger partial charge on any atom is 0.112 e. The molecule has 1 fully saturated rings. The zero-order chi connectivity index (χ0) is 10.7. The summed E-state index contributed by atoms with van der Waals surface area (Å²) in [5.41, 5.74) is 2.67. The van der Waals surface area contributed by atoms with Gasteiger partial charge in [-0.05, 0) is 18.4 Å². The van der Waals surface area contributed by atoms with Crippen LogP contribution in [-0.2, 0) is 11.2 Å². The highest BCUT2D eigenvalue weighted by molar-refractivity contribution is 5.85. The average Bonchev–Trinajstić information content (AvgIpc) is 2.22. The Morgan fingerprint density at radius 1 is 1.44 bits per heavy atom. The van der Waals surface area contributed by atoms with Crippen molar-refractivity contribution in [3.63, 3.8) is 0 Å². The van der Waals surface area contributed by atoms with Crippen LogP contribution in [0.3, 0.4) is 0 Å². The minimum absolute atomic E-state index is 0. The Morgan fingerprint density at radius 2 is 2.25 bits per heavy atom. The molecule has 0 spiro atoms. The molecule has 0 amide bonds. The molecule has 2 atom stereocenters. The van der Waals surface area contributed by atoms with Gasteiger partial charge in [-0.15, -0.1) is 12.4 Å². The van der Waals surface area contributed by atoms with Crippen LogP contribution in [-0.4, -0.2) is 19.4 Å². The van der Waals surface area contributed by atoms with E-state index < -0.39 is 0 Å². The van der Waals surface area contributed by atoms with E-state index in [-0.39, 0.29) is 18.6 Å². The molecule has 90 valence electrons. The lowest BCUT2D eigenvalue weighted by atomic mass is 10.1. The molecular formula is C13H20ClNO. The fourth-order valence-electron chi connectivity index (χ4n) is 1.92. The van der Waals surface area contributed by atoms with Crippen LogP contribution >= 0.6 is 12.4 Å². The van der Waals surface area contributed by atoms with Gasteiger partial charge in [-0.25, -0.2) is 0 Å². The van der Waals surface area contributed by atoms with Crippen molar-refractivity contribution < 1.29 is 4.74 Å². The molecule has 0 bridgehead atoms. The number of aryl methyl sites for hydroxylation is 1. The molecule has 1 heterocycles. The highest BCUT2D eigenvalue weighted by atomic mass is 35.5. The lowest BCUT2D eigenvalue weighted by Crippen LogP contribution is -2.43. The molecule has 1 aliphatic rings. The van der Waals surface area contributed by atoms with E-state index in [9.17, 15) is 0 Å². The van der Waals surface area contributed by atoms with E-state index in [1.165, 1.54) is 11.1 Å². The molecular weight excluding hydrogens is 222 g/mol. The van der Waals surface area contributed by atoms with E-state index in [4.69, 9.17) is 4.74 Å². The fraction of sp³-hybridized carbons (Fsp3) is 0.538. The molecule has 0 radical (unpaired) electrons. The van der Waals surface area contributed by atoms with Gasteiger partial charge in [0.1, 0.15) is 6.23 Å². The second-order valence-corrected chi connectivity index (χ2v) is 4.53. The Labute approximate surface area is 104 Å². The van der Waals surface area contributed by atoms with E-state index >= 15 is 0 Å². The molecule has 1 aromatic carbocycles. The van der Waals surface area contributed by atoms with E-state index in [2.05, 4.69) is 43.4 Å². The molecule has 2 nitrogen and oxygen atoms in total. The smallest absolute Gasteiger partial charge is 0.112 e. The topological polar surface area (TPSA) is 21.3 Å². The summed E-state index contributed by atoms with van der Waals surface area (Å²) in [4.78, 5) is 0. The van der Waals surface area contributed by atoms with Gasteiger partial charge in [-0.3, -0.25) is 5.32 Å². The number of hydrogen-bond acceptors (Lipinski definition) is 2. The SMILES string of the molecule is Cc1cccc(CC2NCC(C)CO2)c1.Cl. The largest absolute Gasteiger partial charge is 0.363 e. The van der Waals surface area contributed by atoms with Gasteiger partial charge >= 0.3 is 0 Å². The summed E-state index contributed by atoms with van der Waals surface area (Å²) >= 11 is 0. The third-order valence-electron chi connectivity index (χ3n) is 2.78. The first-order chi connectivity index (χ1) is 7.24. The molecule has 1 N–H and O–H groups in total. The van der Waals surface area contributed by atoms with Crippen LogP contribution in [0.4, 0.5) is 0 Å². The summed E-state index contributed by atoms with van der Waals surface area (Å²) in [6.45, 7) is 6.27. The maximum atomic E-state index is 5.72. The summed E-state index contributed by atoms with van der Waals surface area (Å²) in [6, 6.07) is 8.62. The molecule has 3 heteroatoms. The summed E-state index contributed by atoms with van der Waals surface area (Å²) in [7, 11) is 0. The molecule has 0 saturated carbocycles. The summed E-state index contributed by atoms with van der Waals surface area (Å²) in [6.07, 6.45) is 1.16. The maximum absolute atomic E-state index is 5.72. The third kappa shape index (κ3) is 3.78. The lowest BCUT2D eigenvalue weighted by Gasteiger charge is -2.28. The number of rotatable bonds is 2.